The Balaban J connectivity index is 1.89. The lowest BCUT2D eigenvalue weighted by Crippen LogP contribution is -2.47. The molecule has 3 amide bonds. The molecule has 0 saturated heterocycles. The third-order valence-electron chi connectivity index (χ3n) is 5.13. The molecule has 0 unspecified atom stereocenters. The molecule has 0 fully saturated rings. The molecule has 1 aromatic carbocycles. The number of fused-ring (bicyclic) bond motifs is 1. The van der Waals surface area contributed by atoms with Gasteiger partial charge < -0.3 is 20.6 Å². The minimum Gasteiger partial charge on any atom is -0.465 e. The van der Waals surface area contributed by atoms with Crippen LogP contribution in [0.25, 0.3) is 10.1 Å². The van der Waals surface area contributed by atoms with Crippen molar-refractivity contribution in [3.8, 4) is 0 Å². The molecule has 2 aromatic rings. The van der Waals surface area contributed by atoms with Crippen molar-refractivity contribution < 1.29 is 19.5 Å². The van der Waals surface area contributed by atoms with Crippen molar-refractivity contribution in [2.24, 2.45) is 5.92 Å². The first-order valence-corrected chi connectivity index (χ1v) is 11.9. The smallest absolute Gasteiger partial charge is 0.407 e. The SMILES string of the molecule is CC(C)C[C@H](NC(=O)c1cc2ccccc2s1)C(=O)NCCCCN(C(=O)O)C(C)(C)C. The van der Waals surface area contributed by atoms with Crippen molar-refractivity contribution in [3.63, 3.8) is 0 Å². The molecule has 0 aliphatic heterocycles. The number of carbonyl (C=O) groups is 3. The molecule has 0 aliphatic carbocycles. The number of nitrogens with one attached hydrogen (secondary N) is 2. The van der Waals surface area contributed by atoms with Gasteiger partial charge in [-0.3, -0.25) is 9.59 Å². The molecule has 0 spiro atoms. The Bertz CT molecular complexity index is 900. The monoisotopic (exact) mass is 461 g/mol. The zero-order chi connectivity index (χ0) is 23.9. The molecule has 1 aromatic heterocycles. The van der Waals surface area contributed by atoms with Gasteiger partial charge in [-0.15, -0.1) is 11.3 Å². The second kappa shape index (κ2) is 11.3. The van der Waals surface area contributed by atoms with Crippen LogP contribution in [0.15, 0.2) is 30.3 Å². The van der Waals surface area contributed by atoms with Gasteiger partial charge >= 0.3 is 6.09 Å². The Morgan fingerprint density at radius 1 is 1.12 bits per heavy atom. The van der Waals surface area contributed by atoms with Gasteiger partial charge in [-0.1, -0.05) is 32.0 Å². The number of carbonyl (C=O) groups excluding carboxylic acids is 2. The Hall–Kier alpha value is -2.61. The van der Waals surface area contributed by atoms with Crippen molar-refractivity contribution >= 4 is 39.3 Å². The minimum absolute atomic E-state index is 0.209. The summed E-state index contributed by atoms with van der Waals surface area (Å²) in [6, 6.07) is 9.04. The standard InChI is InChI=1S/C24H35N3O4S/c1-16(2)14-18(26-22(29)20-15-17-10-6-7-11-19(17)32-20)21(28)25-12-8-9-13-27(23(30)31)24(3,4)5/h6-7,10-11,15-16,18H,8-9,12-14H2,1-5H3,(H,25,28)(H,26,29)(H,30,31)/t18-/m0/s1. The summed E-state index contributed by atoms with van der Waals surface area (Å²) >= 11 is 1.41. The van der Waals surface area contributed by atoms with Crippen molar-refractivity contribution in [2.75, 3.05) is 13.1 Å². The molecule has 8 heteroatoms. The van der Waals surface area contributed by atoms with E-state index in [1.54, 1.807) is 0 Å². The van der Waals surface area contributed by atoms with Crippen LogP contribution in [0.3, 0.4) is 0 Å². The van der Waals surface area contributed by atoms with E-state index in [1.165, 1.54) is 16.2 Å². The first kappa shape index (κ1) is 25.6. The maximum Gasteiger partial charge on any atom is 0.407 e. The molecule has 32 heavy (non-hydrogen) atoms. The molecular formula is C24H35N3O4S. The van der Waals surface area contributed by atoms with Crippen LogP contribution < -0.4 is 10.6 Å². The van der Waals surface area contributed by atoms with Crippen LogP contribution in [-0.2, 0) is 4.79 Å². The molecule has 0 saturated carbocycles. The second-order valence-electron chi connectivity index (χ2n) is 9.41. The molecule has 0 radical (unpaired) electrons. The van der Waals surface area contributed by atoms with Crippen molar-refractivity contribution in [3.05, 3.63) is 35.2 Å². The van der Waals surface area contributed by atoms with Gasteiger partial charge in [0.25, 0.3) is 5.91 Å². The quantitative estimate of drug-likeness (QED) is 0.446. The lowest BCUT2D eigenvalue weighted by atomic mass is 10.0. The fraction of sp³-hybridized carbons (Fsp3) is 0.542. The highest BCUT2D eigenvalue weighted by atomic mass is 32.1. The summed E-state index contributed by atoms with van der Waals surface area (Å²) in [5, 5.41) is 16.2. The highest BCUT2D eigenvalue weighted by molar-refractivity contribution is 7.20. The number of rotatable bonds is 10. The van der Waals surface area contributed by atoms with E-state index in [2.05, 4.69) is 10.6 Å². The summed E-state index contributed by atoms with van der Waals surface area (Å²) in [5.41, 5.74) is -0.464. The van der Waals surface area contributed by atoms with Gasteiger partial charge in [-0.25, -0.2) is 4.79 Å². The number of benzene rings is 1. The largest absolute Gasteiger partial charge is 0.465 e. The normalized spacial score (nSPS) is 12.6. The van der Waals surface area contributed by atoms with Gasteiger partial charge in [0.15, 0.2) is 0 Å². The van der Waals surface area contributed by atoms with E-state index in [4.69, 9.17) is 0 Å². The Kier molecular flexibility index (Phi) is 9.07. The van der Waals surface area contributed by atoms with E-state index < -0.39 is 17.7 Å². The second-order valence-corrected chi connectivity index (χ2v) is 10.5. The Labute approximate surface area is 194 Å². The fourth-order valence-electron chi connectivity index (χ4n) is 3.47. The maximum atomic E-state index is 12.8. The van der Waals surface area contributed by atoms with Gasteiger partial charge in [0.1, 0.15) is 6.04 Å². The molecule has 1 heterocycles. The molecular weight excluding hydrogens is 426 g/mol. The summed E-state index contributed by atoms with van der Waals surface area (Å²) in [6.07, 6.45) is 0.901. The number of carboxylic acid groups (broad SMARTS) is 1. The van der Waals surface area contributed by atoms with E-state index in [9.17, 15) is 19.5 Å². The number of amides is 3. The third kappa shape index (κ3) is 7.51. The molecule has 0 bridgehead atoms. The zero-order valence-electron chi connectivity index (χ0n) is 19.6. The summed E-state index contributed by atoms with van der Waals surface area (Å²) in [6.45, 7) is 10.4. The van der Waals surface area contributed by atoms with Crippen LogP contribution in [-0.4, -0.2) is 52.6 Å². The topological polar surface area (TPSA) is 98.7 Å². The molecule has 3 N–H and O–H groups in total. The average Bonchev–Trinajstić information content (AvgIpc) is 3.12. The van der Waals surface area contributed by atoms with E-state index >= 15 is 0 Å². The summed E-state index contributed by atoms with van der Waals surface area (Å²) in [4.78, 5) is 38.9. The summed E-state index contributed by atoms with van der Waals surface area (Å²) in [5.74, 6) is -0.210. The lowest BCUT2D eigenvalue weighted by Gasteiger charge is -2.33. The molecule has 176 valence electrons. The van der Waals surface area contributed by atoms with E-state index in [0.29, 0.717) is 37.2 Å². The number of hydrogen-bond acceptors (Lipinski definition) is 4. The van der Waals surface area contributed by atoms with Gasteiger partial charge in [0, 0.05) is 23.3 Å². The van der Waals surface area contributed by atoms with Gasteiger partial charge in [-0.05, 0) is 63.5 Å². The number of unbranched alkanes of at least 4 members (excludes halogenated alkanes) is 1. The van der Waals surface area contributed by atoms with Crippen molar-refractivity contribution in [1.82, 2.24) is 15.5 Å². The third-order valence-corrected chi connectivity index (χ3v) is 6.24. The average molecular weight is 462 g/mol. The summed E-state index contributed by atoms with van der Waals surface area (Å²) in [7, 11) is 0. The van der Waals surface area contributed by atoms with Crippen molar-refractivity contribution in [1.29, 1.82) is 0 Å². The van der Waals surface area contributed by atoms with Crippen molar-refractivity contribution in [2.45, 2.75) is 65.5 Å². The number of hydrogen-bond donors (Lipinski definition) is 3. The zero-order valence-corrected chi connectivity index (χ0v) is 20.4. The van der Waals surface area contributed by atoms with Gasteiger partial charge in [0.05, 0.1) is 4.88 Å². The first-order chi connectivity index (χ1) is 15.0. The Morgan fingerprint density at radius 3 is 2.41 bits per heavy atom. The van der Waals surface area contributed by atoms with Gasteiger partial charge in [-0.2, -0.15) is 0 Å². The summed E-state index contributed by atoms with van der Waals surface area (Å²) < 4.78 is 1.04. The number of nitrogens with zero attached hydrogens (tertiary/aromatic N) is 1. The molecule has 7 nitrogen and oxygen atoms in total. The number of thiophene rings is 1. The predicted octanol–water partition coefficient (Wildman–Crippen LogP) is 4.72. The molecule has 2 rings (SSSR count). The van der Waals surface area contributed by atoms with E-state index in [1.807, 2.05) is 65.0 Å². The fourth-order valence-corrected chi connectivity index (χ4v) is 4.44. The van der Waals surface area contributed by atoms with Crippen LogP contribution in [0.4, 0.5) is 4.79 Å². The minimum atomic E-state index is -0.942. The predicted molar refractivity (Wildman–Crippen MR) is 129 cm³/mol. The van der Waals surface area contributed by atoms with Crippen LogP contribution >= 0.6 is 11.3 Å². The van der Waals surface area contributed by atoms with Crippen LogP contribution in [0, 0.1) is 5.92 Å². The highest BCUT2D eigenvalue weighted by Crippen LogP contribution is 2.25. The van der Waals surface area contributed by atoms with E-state index in [-0.39, 0.29) is 17.7 Å². The lowest BCUT2D eigenvalue weighted by molar-refractivity contribution is -0.123. The van der Waals surface area contributed by atoms with Gasteiger partial charge in [0.2, 0.25) is 5.91 Å². The maximum absolute atomic E-state index is 12.8. The highest BCUT2D eigenvalue weighted by Gasteiger charge is 2.26. The molecule has 1 atom stereocenters. The van der Waals surface area contributed by atoms with E-state index in [0.717, 1.165) is 10.1 Å². The molecule has 0 aliphatic rings. The first-order valence-electron chi connectivity index (χ1n) is 11.1. The van der Waals surface area contributed by atoms with Crippen LogP contribution in [0.1, 0.15) is 63.6 Å². The van der Waals surface area contributed by atoms with Crippen LogP contribution in [0.2, 0.25) is 0 Å². The Morgan fingerprint density at radius 2 is 1.81 bits per heavy atom. The van der Waals surface area contributed by atoms with Crippen LogP contribution in [0.5, 0.6) is 0 Å².